The minimum atomic E-state index is -0.496. The molecule has 0 aliphatic carbocycles. The molecule has 0 bridgehead atoms. The van der Waals surface area contributed by atoms with Gasteiger partial charge in [0.25, 0.3) is 5.91 Å². The van der Waals surface area contributed by atoms with E-state index in [9.17, 15) is 9.59 Å². The molecule has 0 fully saturated rings. The lowest BCUT2D eigenvalue weighted by Gasteiger charge is -2.08. The van der Waals surface area contributed by atoms with Gasteiger partial charge >= 0.3 is 5.97 Å². The maximum Gasteiger partial charge on any atom is 0.325 e. The quantitative estimate of drug-likeness (QED) is 0.693. The first-order valence-corrected chi connectivity index (χ1v) is 7.65. The van der Waals surface area contributed by atoms with Gasteiger partial charge in [0, 0.05) is 5.56 Å². The minimum absolute atomic E-state index is 0.178. The van der Waals surface area contributed by atoms with E-state index in [1.54, 1.807) is 28.9 Å². The van der Waals surface area contributed by atoms with Gasteiger partial charge in [0.2, 0.25) is 0 Å². The molecule has 0 saturated carbocycles. The zero-order valence-electron chi connectivity index (χ0n) is 13.3. The number of aromatic nitrogens is 3. The first-order chi connectivity index (χ1) is 12.2. The van der Waals surface area contributed by atoms with Crippen LogP contribution in [-0.4, -0.2) is 33.2 Å². The molecule has 126 valence electrons. The summed E-state index contributed by atoms with van der Waals surface area (Å²) in [5, 5.41) is 6.56. The standard InChI is InChI=1S/C18H16N4O3/c23-17(25-11-14-5-2-1-3-6-14)10-20-18(24)15-7-4-8-16(9-15)22-13-19-12-21-22/h1-9,12-13H,10-11H2,(H,20,24). The summed E-state index contributed by atoms with van der Waals surface area (Å²) >= 11 is 0. The number of nitrogens with zero attached hydrogens (tertiary/aromatic N) is 3. The van der Waals surface area contributed by atoms with Crippen molar-refractivity contribution in [3.05, 3.63) is 78.4 Å². The Balaban J connectivity index is 1.52. The summed E-state index contributed by atoms with van der Waals surface area (Å²) in [4.78, 5) is 27.8. The van der Waals surface area contributed by atoms with Gasteiger partial charge in [0.05, 0.1) is 5.69 Å². The van der Waals surface area contributed by atoms with Gasteiger partial charge in [-0.05, 0) is 23.8 Å². The summed E-state index contributed by atoms with van der Waals surface area (Å²) in [6.45, 7) is -0.0173. The average molecular weight is 336 g/mol. The molecule has 0 atom stereocenters. The Kier molecular flexibility index (Phi) is 5.16. The van der Waals surface area contributed by atoms with Crippen molar-refractivity contribution < 1.29 is 14.3 Å². The SMILES string of the molecule is O=C(CNC(=O)c1cccc(-n2cncn2)c1)OCc1ccccc1. The molecule has 0 aliphatic heterocycles. The van der Waals surface area contributed by atoms with Gasteiger partial charge in [0.15, 0.2) is 0 Å². The van der Waals surface area contributed by atoms with E-state index in [0.29, 0.717) is 11.3 Å². The van der Waals surface area contributed by atoms with Crippen LogP contribution < -0.4 is 5.32 Å². The number of hydrogen-bond acceptors (Lipinski definition) is 5. The molecule has 3 rings (SSSR count). The van der Waals surface area contributed by atoms with Crippen LogP contribution >= 0.6 is 0 Å². The third kappa shape index (κ3) is 4.51. The van der Waals surface area contributed by atoms with Gasteiger partial charge in [-0.25, -0.2) is 9.67 Å². The molecular formula is C18H16N4O3. The van der Waals surface area contributed by atoms with Crippen LogP contribution in [0, 0.1) is 0 Å². The first kappa shape index (κ1) is 16.4. The van der Waals surface area contributed by atoms with Crippen LogP contribution in [0.3, 0.4) is 0 Å². The van der Waals surface area contributed by atoms with Crippen molar-refractivity contribution in [3.63, 3.8) is 0 Å². The van der Waals surface area contributed by atoms with Crippen LogP contribution in [0.4, 0.5) is 0 Å². The summed E-state index contributed by atoms with van der Waals surface area (Å²) in [5.74, 6) is -0.858. The van der Waals surface area contributed by atoms with E-state index < -0.39 is 5.97 Å². The van der Waals surface area contributed by atoms with Crippen LogP contribution in [-0.2, 0) is 16.1 Å². The number of carbonyl (C=O) groups is 2. The van der Waals surface area contributed by atoms with Crippen molar-refractivity contribution in [2.45, 2.75) is 6.61 Å². The number of nitrogens with one attached hydrogen (secondary N) is 1. The van der Waals surface area contributed by atoms with E-state index in [1.165, 1.54) is 12.7 Å². The van der Waals surface area contributed by atoms with E-state index in [1.807, 2.05) is 30.3 Å². The molecular weight excluding hydrogens is 320 g/mol. The topological polar surface area (TPSA) is 86.1 Å². The van der Waals surface area contributed by atoms with E-state index in [-0.39, 0.29) is 19.1 Å². The fourth-order valence-electron chi connectivity index (χ4n) is 2.17. The molecule has 0 radical (unpaired) electrons. The molecule has 0 saturated heterocycles. The Hall–Kier alpha value is -3.48. The molecule has 7 heteroatoms. The third-order valence-corrected chi connectivity index (χ3v) is 3.43. The van der Waals surface area contributed by atoms with Crippen LogP contribution in [0.25, 0.3) is 5.69 Å². The average Bonchev–Trinajstić information content (AvgIpc) is 3.20. The van der Waals surface area contributed by atoms with Gasteiger partial charge in [-0.15, -0.1) is 0 Å². The highest BCUT2D eigenvalue weighted by molar-refractivity contribution is 5.96. The van der Waals surface area contributed by atoms with Crippen molar-refractivity contribution in [2.24, 2.45) is 0 Å². The normalized spacial score (nSPS) is 10.2. The van der Waals surface area contributed by atoms with Crippen molar-refractivity contribution in [1.82, 2.24) is 20.1 Å². The Morgan fingerprint density at radius 3 is 2.68 bits per heavy atom. The van der Waals surface area contributed by atoms with Crippen LogP contribution in [0.1, 0.15) is 15.9 Å². The lowest BCUT2D eigenvalue weighted by molar-refractivity contribution is -0.143. The third-order valence-electron chi connectivity index (χ3n) is 3.43. The molecule has 7 nitrogen and oxygen atoms in total. The number of carbonyl (C=O) groups excluding carboxylic acids is 2. The van der Waals surface area contributed by atoms with E-state index in [0.717, 1.165) is 5.56 Å². The van der Waals surface area contributed by atoms with E-state index >= 15 is 0 Å². The number of amides is 1. The van der Waals surface area contributed by atoms with Crippen molar-refractivity contribution in [1.29, 1.82) is 0 Å². The van der Waals surface area contributed by atoms with Crippen LogP contribution in [0.2, 0.25) is 0 Å². The molecule has 0 unspecified atom stereocenters. The van der Waals surface area contributed by atoms with Gasteiger partial charge in [-0.1, -0.05) is 36.4 Å². The largest absolute Gasteiger partial charge is 0.460 e. The van der Waals surface area contributed by atoms with Gasteiger partial charge in [0.1, 0.15) is 25.8 Å². The fourth-order valence-corrected chi connectivity index (χ4v) is 2.17. The summed E-state index contributed by atoms with van der Waals surface area (Å²) in [6, 6.07) is 16.2. The number of rotatable bonds is 6. The maximum atomic E-state index is 12.2. The second-order valence-electron chi connectivity index (χ2n) is 5.22. The summed E-state index contributed by atoms with van der Waals surface area (Å²) in [6.07, 6.45) is 2.95. The highest BCUT2D eigenvalue weighted by Crippen LogP contribution is 2.09. The number of esters is 1. The molecule has 2 aromatic carbocycles. The predicted octanol–water partition coefficient (Wildman–Crippen LogP) is 1.74. The fraction of sp³-hybridized carbons (Fsp3) is 0.111. The molecule has 1 N–H and O–H groups in total. The summed E-state index contributed by atoms with van der Waals surface area (Å²) < 4.78 is 6.67. The Morgan fingerprint density at radius 1 is 1.08 bits per heavy atom. The van der Waals surface area contributed by atoms with Gasteiger partial charge < -0.3 is 10.1 Å². The van der Waals surface area contributed by atoms with Crippen LogP contribution in [0.5, 0.6) is 0 Å². The smallest absolute Gasteiger partial charge is 0.325 e. The zero-order valence-corrected chi connectivity index (χ0v) is 13.3. The lowest BCUT2D eigenvalue weighted by Crippen LogP contribution is -2.30. The Morgan fingerprint density at radius 2 is 1.92 bits per heavy atom. The van der Waals surface area contributed by atoms with Crippen molar-refractivity contribution in [3.8, 4) is 5.69 Å². The molecule has 3 aromatic rings. The molecule has 25 heavy (non-hydrogen) atoms. The highest BCUT2D eigenvalue weighted by Gasteiger charge is 2.10. The number of benzene rings is 2. The van der Waals surface area contributed by atoms with Crippen molar-refractivity contribution >= 4 is 11.9 Å². The van der Waals surface area contributed by atoms with E-state index in [2.05, 4.69) is 15.4 Å². The molecule has 1 heterocycles. The van der Waals surface area contributed by atoms with E-state index in [4.69, 9.17) is 4.74 Å². The minimum Gasteiger partial charge on any atom is -0.460 e. The molecule has 1 aromatic heterocycles. The highest BCUT2D eigenvalue weighted by atomic mass is 16.5. The Bertz CT molecular complexity index is 848. The zero-order chi connectivity index (χ0) is 17.5. The summed E-state index contributed by atoms with van der Waals surface area (Å²) in [7, 11) is 0. The Labute approximate surface area is 144 Å². The first-order valence-electron chi connectivity index (χ1n) is 7.65. The van der Waals surface area contributed by atoms with Crippen molar-refractivity contribution in [2.75, 3.05) is 6.54 Å². The second kappa shape index (κ2) is 7.87. The van der Waals surface area contributed by atoms with Crippen LogP contribution in [0.15, 0.2) is 67.3 Å². The number of ether oxygens (including phenoxy) is 1. The molecule has 0 spiro atoms. The monoisotopic (exact) mass is 336 g/mol. The maximum absolute atomic E-state index is 12.2. The second-order valence-corrected chi connectivity index (χ2v) is 5.22. The molecule has 0 aliphatic rings. The molecule has 1 amide bonds. The predicted molar refractivity (Wildman–Crippen MR) is 89.9 cm³/mol. The van der Waals surface area contributed by atoms with Gasteiger partial charge in [-0.2, -0.15) is 5.10 Å². The summed E-state index contributed by atoms with van der Waals surface area (Å²) in [5.41, 5.74) is 2.02. The van der Waals surface area contributed by atoms with Gasteiger partial charge in [-0.3, -0.25) is 9.59 Å². The number of hydrogen-bond donors (Lipinski definition) is 1. The lowest BCUT2D eigenvalue weighted by atomic mass is 10.2.